The lowest BCUT2D eigenvalue weighted by atomic mass is 9.85. The predicted octanol–water partition coefficient (Wildman–Crippen LogP) is 3.23. The molecule has 1 spiro atoms. The molecule has 0 radical (unpaired) electrons. The van der Waals surface area contributed by atoms with Crippen LogP contribution < -0.4 is 4.74 Å². The molecule has 5 nitrogen and oxygen atoms in total. The third-order valence-electron chi connectivity index (χ3n) is 6.00. The second-order valence-corrected chi connectivity index (χ2v) is 7.56. The molecule has 2 atom stereocenters. The summed E-state index contributed by atoms with van der Waals surface area (Å²) < 4.78 is 5.15. The first-order valence-corrected chi connectivity index (χ1v) is 9.13. The van der Waals surface area contributed by atoms with E-state index in [0.717, 1.165) is 34.7 Å². The molecule has 1 aliphatic heterocycles. The van der Waals surface area contributed by atoms with Crippen LogP contribution in [0.15, 0.2) is 48.2 Å². The van der Waals surface area contributed by atoms with Gasteiger partial charge in [-0.05, 0) is 54.7 Å². The van der Waals surface area contributed by atoms with Gasteiger partial charge in [0.2, 0.25) is 5.78 Å². The summed E-state index contributed by atoms with van der Waals surface area (Å²) in [4.78, 5) is 30.3. The number of hydrogen-bond acceptors (Lipinski definition) is 3. The number of aromatic nitrogens is 1. The molecule has 27 heavy (non-hydrogen) atoms. The van der Waals surface area contributed by atoms with Crippen molar-refractivity contribution in [3.8, 4) is 5.75 Å². The van der Waals surface area contributed by atoms with Gasteiger partial charge < -0.3 is 14.6 Å². The number of allylic oxidation sites excluding steroid dienone is 2. The zero-order valence-electron chi connectivity index (χ0n) is 15.3. The fraction of sp³-hybridized carbons (Fsp3) is 0.273. The first-order chi connectivity index (χ1) is 13.0. The molecule has 1 saturated carbocycles. The minimum absolute atomic E-state index is 0.0387. The Hall–Kier alpha value is -3.08. The number of methoxy groups -OCH3 is 1. The van der Waals surface area contributed by atoms with Gasteiger partial charge in [0.1, 0.15) is 5.75 Å². The molecule has 1 N–H and O–H groups in total. The molecule has 1 aromatic heterocycles. The van der Waals surface area contributed by atoms with Crippen molar-refractivity contribution in [3.05, 3.63) is 70.7 Å². The quantitative estimate of drug-likeness (QED) is 0.855. The summed E-state index contributed by atoms with van der Waals surface area (Å²) in [6, 6.07) is 9.61. The van der Waals surface area contributed by atoms with Crippen LogP contribution in [0.2, 0.25) is 0 Å². The SMILES string of the molecule is COc1ccc(/C=C/C(=O)N2CC3CC34C2=CC(=O)c2[nH]c(C)cc24)cc1. The number of ether oxygens (including phenoxy) is 1. The number of carbonyl (C=O) groups is 2. The molecule has 2 aliphatic carbocycles. The van der Waals surface area contributed by atoms with Gasteiger partial charge in [-0.2, -0.15) is 0 Å². The summed E-state index contributed by atoms with van der Waals surface area (Å²) in [7, 11) is 1.62. The van der Waals surface area contributed by atoms with E-state index >= 15 is 0 Å². The van der Waals surface area contributed by atoms with Gasteiger partial charge in [0, 0.05) is 35.5 Å². The standard InChI is InChI=1S/C22H20N2O3/c1-13-9-17-21(23-13)18(25)10-19-22(17)11-15(22)12-24(19)20(26)8-5-14-3-6-16(27-2)7-4-14/h3-10,15,23H,11-12H2,1-2H3/b8-5+. The van der Waals surface area contributed by atoms with Crippen LogP contribution in [-0.4, -0.2) is 35.2 Å². The number of ketones is 1. The monoisotopic (exact) mass is 360 g/mol. The van der Waals surface area contributed by atoms with Crippen LogP contribution in [0.5, 0.6) is 5.75 Å². The van der Waals surface area contributed by atoms with Crippen molar-refractivity contribution in [1.82, 2.24) is 9.88 Å². The van der Waals surface area contributed by atoms with E-state index in [9.17, 15) is 9.59 Å². The van der Waals surface area contributed by atoms with Crippen LogP contribution in [0.3, 0.4) is 0 Å². The predicted molar refractivity (Wildman–Crippen MR) is 101 cm³/mol. The van der Waals surface area contributed by atoms with Gasteiger partial charge in [-0.3, -0.25) is 9.59 Å². The largest absolute Gasteiger partial charge is 0.497 e. The molecule has 2 fully saturated rings. The van der Waals surface area contributed by atoms with Crippen LogP contribution >= 0.6 is 0 Å². The Bertz CT molecular complexity index is 1030. The molecular formula is C22H20N2O3. The molecule has 3 aliphatic rings. The smallest absolute Gasteiger partial charge is 0.250 e. The van der Waals surface area contributed by atoms with Gasteiger partial charge in [-0.25, -0.2) is 0 Å². The number of hydrogen-bond donors (Lipinski definition) is 1. The summed E-state index contributed by atoms with van der Waals surface area (Å²) in [6.45, 7) is 2.64. The van der Waals surface area contributed by atoms with Gasteiger partial charge in [0.25, 0.3) is 5.91 Å². The van der Waals surface area contributed by atoms with E-state index in [-0.39, 0.29) is 17.1 Å². The average Bonchev–Trinajstić information content (AvgIpc) is 3.08. The Morgan fingerprint density at radius 3 is 2.85 bits per heavy atom. The number of aryl methyl sites for hydroxylation is 1. The van der Waals surface area contributed by atoms with Gasteiger partial charge in [0.15, 0.2) is 0 Å². The second kappa shape index (κ2) is 5.46. The number of amides is 1. The summed E-state index contributed by atoms with van der Waals surface area (Å²) >= 11 is 0. The van der Waals surface area contributed by atoms with Crippen molar-refractivity contribution >= 4 is 17.8 Å². The molecule has 5 rings (SSSR count). The van der Waals surface area contributed by atoms with Crippen LogP contribution in [-0.2, 0) is 10.2 Å². The lowest BCUT2D eigenvalue weighted by Crippen LogP contribution is -2.32. The normalized spacial score (nSPS) is 25.1. The molecule has 1 saturated heterocycles. The summed E-state index contributed by atoms with van der Waals surface area (Å²) in [6.07, 6.45) is 6.06. The van der Waals surface area contributed by atoms with Crippen LogP contribution in [0.1, 0.15) is 33.7 Å². The topological polar surface area (TPSA) is 62.4 Å². The molecule has 1 aromatic carbocycles. The lowest BCUT2D eigenvalue weighted by molar-refractivity contribution is -0.123. The number of rotatable bonds is 3. The average molecular weight is 360 g/mol. The van der Waals surface area contributed by atoms with Crippen molar-refractivity contribution in [3.63, 3.8) is 0 Å². The van der Waals surface area contributed by atoms with Gasteiger partial charge in [-0.1, -0.05) is 12.1 Å². The van der Waals surface area contributed by atoms with E-state index in [1.54, 1.807) is 30.2 Å². The third-order valence-corrected chi connectivity index (χ3v) is 6.00. The van der Waals surface area contributed by atoms with E-state index in [0.29, 0.717) is 18.2 Å². The van der Waals surface area contributed by atoms with E-state index in [4.69, 9.17) is 4.74 Å². The lowest BCUT2D eigenvalue weighted by Gasteiger charge is -2.27. The number of aromatic amines is 1. The number of benzene rings is 1. The number of piperidine rings is 1. The molecule has 2 heterocycles. The van der Waals surface area contributed by atoms with Crippen molar-refractivity contribution in [2.24, 2.45) is 5.92 Å². The Balaban J connectivity index is 1.42. The second-order valence-electron chi connectivity index (χ2n) is 7.56. The molecule has 2 unspecified atom stereocenters. The van der Waals surface area contributed by atoms with E-state index in [1.165, 1.54) is 0 Å². The number of nitrogens with one attached hydrogen (secondary N) is 1. The Labute approximate surface area is 157 Å². The van der Waals surface area contributed by atoms with Crippen LogP contribution in [0, 0.1) is 12.8 Å². The Morgan fingerprint density at radius 1 is 1.33 bits per heavy atom. The Kier molecular flexibility index (Phi) is 3.26. The first-order valence-electron chi connectivity index (χ1n) is 9.13. The molecule has 136 valence electrons. The molecule has 2 aromatic rings. The highest BCUT2D eigenvalue weighted by atomic mass is 16.5. The maximum Gasteiger partial charge on any atom is 0.250 e. The maximum absolute atomic E-state index is 12.8. The number of likely N-dealkylation sites (tertiary alicyclic amines) is 1. The zero-order valence-corrected chi connectivity index (χ0v) is 15.3. The van der Waals surface area contributed by atoms with E-state index in [2.05, 4.69) is 11.1 Å². The minimum atomic E-state index is -0.141. The Morgan fingerprint density at radius 2 is 2.11 bits per heavy atom. The maximum atomic E-state index is 12.8. The summed E-state index contributed by atoms with van der Waals surface area (Å²) in [5, 5.41) is 0. The highest BCUT2D eigenvalue weighted by Gasteiger charge is 2.67. The highest BCUT2D eigenvalue weighted by molar-refractivity contribution is 6.08. The molecule has 1 amide bonds. The summed E-state index contributed by atoms with van der Waals surface area (Å²) in [5.41, 5.74) is 4.42. The highest BCUT2D eigenvalue weighted by Crippen LogP contribution is 2.66. The van der Waals surface area contributed by atoms with Crippen molar-refractivity contribution < 1.29 is 14.3 Å². The molecular weight excluding hydrogens is 340 g/mol. The third kappa shape index (κ3) is 2.24. The fourth-order valence-electron chi connectivity index (χ4n) is 4.61. The van der Waals surface area contributed by atoms with Gasteiger partial charge >= 0.3 is 0 Å². The minimum Gasteiger partial charge on any atom is -0.497 e. The fourth-order valence-corrected chi connectivity index (χ4v) is 4.61. The number of fused-ring (bicyclic) bond motifs is 1. The number of H-pyrrole nitrogens is 1. The molecule has 5 heteroatoms. The van der Waals surface area contributed by atoms with E-state index in [1.807, 2.05) is 31.2 Å². The first kappa shape index (κ1) is 16.1. The van der Waals surface area contributed by atoms with Gasteiger partial charge in [-0.15, -0.1) is 0 Å². The van der Waals surface area contributed by atoms with Crippen molar-refractivity contribution in [2.75, 3.05) is 13.7 Å². The van der Waals surface area contributed by atoms with Crippen molar-refractivity contribution in [1.29, 1.82) is 0 Å². The number of carbonyl (C=O) groups excluding carboxylic acids is 2. The zero-order chi connectivity index (χ0) is 18.8. The molecule has 0 bridgehead atoms. The number of nitrogens with zero attached hydrogens (tertiary/aromatic N) is 1. The van der Waals surface area contributed by atoms with E-state index < -0.39 is 0 Å². The van der Waals surface area contributed by atoms with Crippen molar-refractivity contribution in [2.45, 2.75) is 18.8 Å². The van der Waals surface area contributed by atoms with Crippen LogP contribution in [0.25, 0.3) is 6.08 Å². The van der Waals surface area contributed by atoms with Gasteiger partial charge in [0.05, 0.1) is 12.8 Å². The summed E-state index contributed by atoms with van der Waals surface area (Å²) in [5.74, 6) is 1.07. The van der Waals surface area contributed by atoms with Crippen LogP contribution in [0.4, 0.5) is 0 Å².